The van der Waals surface area contributed by atoms with E-state index in [1.165, 1.54) is 12.4 Å². The minimum atomic E-state index is -1.01. The maximum atomic E-state index is 11.8. The first-order chi connectivity index (χ1) is 8.06. The van der Waals surface area contributed by atoms with Crippen LogP contribution in [0.1, 0.15) is 30.6 Å². The van der Waals surface area contributed by atoms with Crippen molar-refractivity contribution in [1.29, 1.82) is 0 Å². The van der Waals surface area contributed by atoms with Gasteiger partial charge in [0.15, 0.2) is 0 Å². The molecule has 1 rings (SSSR count). The first kappa shape index (κ1) is 13.2. The molecule has 0 bridgehead atoms. The second kappa shape index (κ2) is 5.98. The summed E-state index contributed by atoms with van der Waals surface area (Å²) >= 11 is 0. The molecule has 1 amide bonds. The van der Waals surface area contributed by atoms with Gasteiger partial charge in [-0.25, -0.2) is 4.79 Å². The van der Waals surface area contributed by atoms with Crippen molar-refractivity contribution in [2.24, 2.45) is 5.92 Å². The second-order valence-electron chi connectivity index (χ2n) is 3.91. The maximum Gasteiger partial charge on any atom is 0.326 e. The molecule has 0 saturated carbocycles. The van der Waals surface area contributed by atoms with Crippen LogP contribution in [0, 0.1) is 5.92 Å². The number of carboxylic acids is 1. The van der Waals surface area contributed by atoms with Gasteiger partial charge >= 0.3 is 5.97 Å². The lowest BCUT2D eigenvalue weighted by atomic mass is 9.99. The summed E-state index contributed by atoms with van der Waals surface area (Å²) in [6, 6.07) is 2.23. The van der Waals surface area contributed by atoms with Crippen LogP contribution in [-0.2, 0) is 4.79 Å². The molecule has 0 unspecified atom stereocenters. The summed E-state index contributed by atoms with van der Waals surface area (Å²) in [6.45, 7) is 3.69. The zero-order chi connectivity index (χ0) is 12.8. The summed E-state index contributed by atoms with van der Waals surface area (Å²) in [7, 11) is 0. The average molecular weight is 236 g/mol. The van der Waals surface area contributed by atoms with Gasteiger partial charge in [-0.05, 0) is 18.1 Å². The number of aromatic nitrogens is 1. The van der Waals surface area contributed by atoms with E-state index in [0.717, 1.165) is 0 Å². The van der Waals surface area contributed by atoms with Crippen LogP contribution in [0.15, 0.2) is 24.5 Å². The zero-order valence-corrected chi connectivity index (χ0v) is 9.88. The van der Waals surface area contributed by atoms with Crippen molar-refractivity contribution in [3.63, 3.8) is 0 Å². The SMILES string of the molecule is CC[C@H](C)[C@@H](NC(=O)c1ccncc1)C(=O)O. The summed E-state index contributed by atoms with van der Waals surface area (Å²) < 4.78 is 0. The molecule has 0 aliphatic rings. The van der Waals surface area contributed by atoms with E-state index in [0.29, 0.717) is 12.0 Å². The molecule has 5 heteroatoms. The van der Waals surface area contributed by atoms with Crippen LogP contribution in [0.5, 0.6) is 0 Å². The number of hydrogen-bond donors (Lipinski definition) is 2. The highest BCUT2D eigenvalue weighted by Gasteiger charge is 2.25. The number of amides is 1. The highest BCUT2D eigenvalue weighted by molar-refractivity contribution is 5.96. The van der Waals surface area contributed by atoms with Crippen LogP contribution in [-0.4, -0.2) is 28.0 Å². The van der Waals surface area contributed by atoms with Crippen LogP contribution in [0.2, 0.25) is 0 Å². The van der Waals surface area contributed by atoms with Gasteiger partial charge in [0.1, 0.15) is 6.04 Å². The topological polar surface area (TPSA) is 79.3 Å². The molecule has 0 aliphatic heterocycles. The Morgan fingerprint density at radius 2 is 2.00 bits per heavy atom. The molecule has 2 atom stereocenters. The Hall–Kier alpha value is -1.91. The van der Waals surface area contributed by atoms with Crippen molar-refractivity contribution in [3.05, 3.63) is 30.1 Å². The number of nitrogens with one attached hydrogen (secondary N) is 1. The van der Waals surface area contributed by atoms with E-state index in [1.807, 2.05) is 6.92 Å². The quantitative estimate of drug-likeness (QED) is 0.807. The average Bonchev–Trinajstić information content (AvgIpc) is 2.35. The number of carboxylic acid groups (broad SMARTS) is 1. The molecule has 17 heavy (non-hydrogen) atoms. The number of carbonyl (C=O) groups is 2. The second-order valence-corrected chi connectivity index (χ2v) is 3.91. The lowest BCUT2D eigenvalue weighted by Gasteiger charge is -2.20. The Kier molecular flexibility index (Phi) is 4.63. The third kappa shape index (κ3) is 3.55. The minimum absolute atomic E-state index is 0.113. The molecule has 92 valence electrons. The van der Waals surface area contributed by atoms with Crippen molar-refractivity contribution in [2.45, 2.75) is 26.3 Å². The Labute approximate surface area is 99.9 Å². The van der Waals surface area contributed by atoms with Crippen LogP contribution in [0.3, 0.4) is 0 Å². The number of carbonyl (C=O) groups excluding carboxylic acids is 1. The highest BCUT2D eigenvalue weighted by atomic mass is 16.4. The maximum absolute atomic E-state index is 11.8. The first-order valence-electron chi connectivity index (χ1n) is 5.50. The van der Waals surface area contributed by atoms with Crippen LogP contribution in [0.4, 0.5) is 0 Å². The largest absolute Gasteiger partial charge is 0.480 e. The third-order valence-electron chi connectivity index (χ3n) is 2.71. The molecule has 0 spiro atoms. The van der Waals surface area contributed by atoms with E-state index < -0.39 is 12.0 Å². The predicted octanol–water partition coefficient (Wildman–Crippen LogP) is 1.31. The van der Waals surface area contributed by atoms with Crippen LogP contribution < -0.4 is 5.32 Å². The molecule has 1 heterocycles. The summed E-state index contributed by atoms with van der Waals surface area (Å²) in [4.78, 5) is 26.6. The smallest absolute Gasteiger partial charge is 0.326 e. The molecule has 0 radical (unpaired) electrons. The van der Waals surface area contributed by atoms with Gasteiger partial charge in [0.25, 0.3) is 5.91 Å². The van der Waals surface area contributed by atoms with Crippen molar-refractivity contribution < 1.29 is 14.7 Å². The minimum Gasteiger partial charge on any atom is -0.480 e. The van der Waals surface area contributed by atoms with Crippen LogP contribution >= 0.6 is 0 Å². The Bertz CT molecular complexity index is 392. The van der Waals surface area contributed by atoms with Gasteiger partial charge in [0.05, 0.1) is 0 Å². The standard InChI is InChI=1S/C12H16N2O3/c1-3-8(2)10(12(16)17)14-11(15)9-4-6-13-7-5-9/h4-8,10H,3H2,1-2H3,(H,14,15)(H,16,17)/t8-,10+/m0/s1. The summed E-state index contributed by atoms with van der Waals surface area (Å²) in [5, 5.41) is 11.6. The van der Waals surface area contributed by atoms with Crippen molar-refractivity contribution >= 4 is 11.9 Å². The molecule has 0 aromatic carbocycles. The van der Waals surface area contributed by atoms with Gasteiger partial charge in [-0.3, -0.25) is 9.78 Å². The number of aliphatic carboxylic acids is 1. The number of nitrogens with zero attached hydrogens (tertiary/aromatic N) is 1. The van der Waals surface area contributed by atoms with E-state index in [9.17, 15) is 9.59 Å². The molecule has 0 saturated heterocycles. The van der Waals surface area contributed by atoms with Gasteiger partial charge in [-0.1, -0.05) is 20.3 Å². The van der Waals surface area contributed by atoms with Gasteiger partial charge in [0, 0.05) is 18.0 Å². The fourth-order valence-electron chi connectivity index (χ4n) is 1.41. The molecular weight excluding hydrogens is 220 g/mol. The molecule has 1 aromatic heterocycles. The van der Waals surface area contributed by atoms with Gasteiger partial charge in [-0.2, -0.15) is 0 Å². The highest BCUT2D eigenvalue weighted by Crippen LogP contribution is 2.09. The first-order valence-corrected chi connectivity index (χ1v) is 5.50. The Morgan fingerprint density at radius 3 is 2.47 bits per heavy atom. The van der Waals surface area contributed by atoms with E-state index in [2.05, 4.69) is 10.3 Å². The van der Waals surface area contributed by atoms with Crippen molar-refractivity contribution in [2.75, 3.05) is 0 Å². The van der Waals surface area contributed by atoms with Crippen molar-refractivity contribution in [3.8, 4) is 0 Å². The van der Waals surface area contributed by atoms with E-state index in [-0.39, 0.29) is 11.8 Å². The molecule has 2 N–H and O–H groups in total. The normalized spacial score (nSPS) is 13.8. The summed E-state index contributed by atoms with van der Waals surface area (Å²) in [5.74, 6) is -1.51. The number of hydrogen-bond acceptors (Lipinski definition) is 3. The third-order valence-corrected chi connectivity index (χ3v) is 2.71. The molecule has 1 aromatic rings. The number of pyridine rings is 1. The van der Waals surface area contributed by atoms with E-state index in [1.54, 1.807) is 19.1 Å². The Balaban J connectivity index is 2.75. The fourth-order valence-corrected chi connectivity index (χ4v) is 1.41. The lowest BCUT2D eigenvalue weighted by molar-refractivity contribution is -0.140. The Morgan fingerprint density at radius 1 is 1.41 bits per heavy atom. The van der Waals surface area contributed by atoms with Crippen LogP contribution in [0.25, 0.3) is 0 Å². The van der Waals surface area contributed by atoms with Gasteiger partial charge in [-0.15, -0.1) is 0 Å². The summed E-state index contributed by atoms with van der Waals surface area (Å²) in [5.41, 5.74) is 0.412. The lowest BCUT2D eigenvalue weighted by Crippen LogP contribution is -2.45. The van der Waals surface area contributed by atoms with E-state index in [4.69, 9.17) is 5.11 Å². The van der Waals surface area contributed by atoms with Gasteiger partial charge < -0.3 is 10.4 Å². The zero-order valence-electron chi connectivity index (χ0n) is 9.88. The van der Waals surface area contributed by atoms with Gasteiger partial charge in [0.2, 0.25) is 0 Å². The monoisotopic (exact) mass is 236 g/mol. The predicted molar refractivity (Wildman–Crippen MR) is 62.6 cm³/mol. The number of rotatable bonds is 5. The molecule has 0 aliphatic carbocycles. The molecular formula is C12H16N2O3. The molecule has 5 nitrogen and oxygen atoms in total. The van der Waals surface area contributed by atoms with Crippen molar-refractivity contribution in [1.82, 2.24) is 10.3 Å². The summed E-state index contributed by atoms with van der Waals surface area (Å²) in [6.07, 6.45) is 3.68. The molecule has 0 fully saturated rings. The van der Waals surface area contributed by atoms with E-state index >= 15 is 0 Å². The fraction of sp³-hybridized carbons (Fsp3) is 0.417.